The Balaban J connectivity index is 2.43. The zero-order valence-electron chi connectivity index (χ0n) is 11.7. The number of ether oxygens (including phenoxy) is 2. The molecule has 1 rings (SSSR count). The molecular weight excluding hydrogens is 244 g/mol. The third kappa shape index (κ3) is 4.79. The quantitative estimate of drug-likeness (QED) is 0.725. The van der Waals surface area contributed by atoms with E-state index in [2.05, 4.69) is 5.32 Å². The van der Waals surface area contributed by atoms with Crippen LogP contribution in [0.5, 0.6) is 11.5 Å². The maximum atomic E-state index is 11.3. The molecule has 0 saturated carbocycles. The maximum absolute atomic E-state index is 11.3. The van der Waals surface area contributed by atoms with Crippen molar-refractivity contribution in [3.63, 3.8) is 0 Å². The molecule has 0 saturated heterocycles. The molecule has 0 aromatic heterocycles. The van der Waals surface area contributed by atoms with E-state index in [0.717, 1.165) is 29.9 Å². The third-order valence-electron chi connectivity index (χ3n) is 2.80. The highest BCUT2D eigenvalue weighted by molar-refractivity contribution is 5.80. The number of carbonyl (C=O) groups excluding carboxylic acids is 1. The summed E-state index contributed by atoms with van der Waals surface area (Å²) in [6, 6.07) is 5.37. The Bertz CT molecular complexity index is 419. The van der Waals surface area contributed by atoms with Gasteiger partial charge in [-0.3, -0.25) is 4.79 Å². The van der Waals surface area contributed by atoms with Crippen LogP contribution in [-0.4, -0.2) is 32.7 Å². The summed E-state index contributed by atoms with van der Waals surface area (Å²) in [6.45, 7) is 2.29. The largest absolute Gasteiger partial charge is 0.493 e. The molecule has 0 heterocycles. The van der Waals surface area contributed by atoms with Gasteiger partial charge in [-0.25, -0.2) is 0 Å². The number of nitrogens with two attached hydrogens (primary N) is 1. The first-order chi connectivity index (χ1) is 9.08. The summed E-state index contributed by atoms with van der Waals surface area (Å²) in [5.74, 6) is 1.32. The second-order valence-electron chi connectivity index (χ2n) is 4.37. The minimum atomic E-state index is -0.457. The highest BCUT2D eigenvalue weighted by Gasteiger charge is 2.06. The van der Waals surface area contributed by atoms with E-state index in [1.54, 1.807) is 21.1 Å². The van der Waals surface area contributed by atoms with Crippen molar-refractivity contribution in [2.45, 2.75) is 25.8 Å². The molecule has 0 aliphatic carbocycles. The molecule has 0 radical (unpaired) electrons. The molecule has 0 spiro atoms. The number of amides is 1. The Hall–Kier alpha value is -1.75. The van der Waals surface area contributed by atoms with Crippen molar-refractivity contribution < 1.29 is 14.3 Å². The van der Waals surface area contributed by atoms with Gasteiger partial charge >= 0.3 is 0 Å². The third-order valence-corrected chi connectivity index (χ3v) is 2.80. The van der Waals surface area contributed by atoms with Gasteiger partial charge < -0.3 is 20.5 Å². The van der Waals surface area contributed by atoms with Crippen LogP contribution in [-0.2, 0) is 11.2 Å². The predicted molar refractivity (Wildman–Crippen MR) is 74.5 cm³/mol. The van der Waals surface area contributed by atoms with E-state index in [9.17, 15) is 4.79 Å². The SMILES string of the molecule is COc1ccc(CCCNC(=O)[C@@H](C)N)cc1OC. The van der Waals surface area contributed by atoms with Crippen molar-refractivity contribution in [3.05, 3.63) is 23.8 Å². The molecule has 0 aliphatic heterocycles. The van der Waals surface area contributed by atoms with Crippen LogP contribution in [0.1, 0.15) is 18.9 Å². The van der Waals surface area contributed by atoms with E-state index < -0.39 is 6.04 Å². The van der Waals surface area contributed by atoms with E-state index in [1.807, 2.05) is 18.2 Å². The molecule has 0 aliphatic rings. The van der Waals surface area contributed by atoms with Gasteiger partial charge in [0.2, 0.25) is 5.91 Å². The Morgan fingerprint density at radius 3 is 2.58 bits per heavy atom. The number of hydrogen-bond acceptors (Lipinski definition) is 4. The molecule has 1 atom stereocenters. The number of benzene rings is 1. The van der Waals surface area contributed by atoms with Crippen LogP contribution in [0.25, 0.3) is 0 Å². The van der Waals surface area contributed by atoms with Crippen LogP contribution in [0, 0.1) is 0 Å². The molecule has 0 bridgehead atoms. The molecule has 1 amide bonds. The van der Waals surface area contributed by atoms with Crippen molar-refractivity contribution in [2.75, 3.05) is 20.8 Å². The predicted octanol–water partition coefficient (Wildman–Crippen LogP) is 1.10. The molecule has 19 heavy (non-hydrogen) atoms. The minimum Gasteiger partial charge on any atom is -0.493 e. The Kier molecular flexibility index (Phi) is 6.15. The van der Waals surface area contributed by atoms with Crippen LogP contribution in [0.3, 0.4) is 0 Å². The Morgan fingerprint density at radius 2 is 2.00 bits per heavy atom. The van der Waals surface area contributed by atoms with Gasteiger partial charge in [-0.2, -0.15) is 0 Å². The number of hydrogen-bond donors (Lipinski definition) is 2. The first kappa shape index (κ1) is 15.3. The normalized spacial score (nSPS) is 11.8. The van der Waals surface area contributed by atoms with E-state index in [0.29, 0.717) is 6.54 Å². The van der Waals surface area contributed by atoms with E-state index in [-0.39, 0.29) is 5.91 Å². The smallest absolute Gasteiger partial charge is 0.236 e. The molecule has 1 aromatic carbocycles. The summed E-state index contributed by atoms with van der Waals surface area (Å²) in [5, 5.41) is 2.78. The number of nitrogens with one attached hydrogen (secondary N) is 1. The minimum absolute atomic E-state index is 0.118. The number of carbonyl (C=O) groups is 1. The highest BCUT2D eigenvalue weighted by Crippen LogP contribution is 2.27. The molecular formula is C14H22N2O3. The van der Waals surface area contributed by atoms with Crippen molar-refractivity contribution in [2.24, 2.45) is 5.73 Å². The molecule has 3 N–H and O–H groups in total. The first-order valence-corrected chi connectivity index (χ1v) is 6.32. The molecule has 0 unspecified atom stereocenters. The fraction of sp³-hybridized carbons (Fsp3) is 0.500. The molecule has 5 heteroatoms. The lowest BCUT2D eigenvalue weighted by molar-refractivity contribution is -0.121. The average Bonchev–Trinajstić information content (AvgIpc) is 2.42. The topological polar surface area (TPSA) is 73.6 Å². The van der Waals surface area contributed by atoms with Crippen molar-refractivity contribution in [3.8, 4) is 11.5 Å². The van der Waals surface area contributed by atoms with Crippen LogP contribution in [0.15, 0.2) is 18.2 Å². The summed E-state index contributed by atoms with van der Waals surface area (Å²) in [6.07, 6.45) is 1.72. The van der Waals surface area contributed by atoms with Crippen molar-refractivity contribution >= 4 is 5.91 Å². The number of aryl methyl sites for hydroxylation is 1. The zero-order valence-corrected chi connectivity index (χ0v) is 11.7. The summed E-state index contributed by atoms with van der Waals surface area (Å²) >= 11 is 0. The lowest BCUT2D eigenvalue weighted by Crippen LogP contribution is -2.38. The number of rotatable bonds is 7. The Morgan fingerprint density at radius 1 is 1.32 bits per heavy atom. The lowest BCUT2D eigenvalue weighted by Gasteiger charge is -2.10. The second-order valence-corrected chi connectivity index (χ2v) is 4.37. The van der Waals surface area contributed by atoms with Gasteiger partial charge in [-0.15, -0.1) is 0 Å². The van der Waals surface area contributed by atoms with Gasteiger partial charge in [0.15, 0.2) is 11.5 Å². The van der Waals surface area contributed by atoms with Crippen molar-refractivity contribution in [1.82, 2.24) is 5.32 Å². The number of methoxy groups -OCH3 is 2. The van der Waals surface area contributed by atoms with Crippen LogP contribution >= 0.6 is 0 Å². The van der Waals surface area contributed by atoms with Gasteiger partial charge in [0.1, 0.15) is 0 Å². The van der Waals surface area contributed by atoms with E-state index in [1.165, 1.54) is 0 Å². The van der Waals surface area contributed by atoms with Crippen LogP contribution in [0.4, 0.5) is 0 Å². The standard InChI is InChI=1S/C14H22N2O3/c1-10(15)14(17)16-8-4-5-11-6-7-12(18-2)13(9-11)19-3/h6-7,9-10H,4-5,8,15H2,1-3H3,(H,16,17)/t10-/m1/s1. The zero-order chi connectivity index (χ0) is 14.3. The van der Waals surface area contributed by atoms with E-state index in [4.69, 9.17) is 15.2 Å². The molecule has 5 nitrogen and oxygen atoms in total. The molecule has 0 fully saturated rings. The van der Waals surface area contributed by atoms with Crippen molar-refractivity contribution in [1.29, 1.82) is 0 Å². The summed E-state index contributed by atoms with van der Waals surface area (Å²) in [5.41, 5.74) is 6.60. The van der Waals surface area contributed by atoms with Gasteiger partial charge in [-0.1, -0.05) is 6.07 Å². The van der Waals surface area contributed by atoms with Crippen LogP contribution in [0.2, 0.25) is 0 Å². The van der Waals surface area contributed by atoms with Gasteiger partial charge in [0.25, 0.3) is 0 Å². The summed E-state index contributed by atoms with van der Waals surface area (Å²) in [4.78, 5) is 11.3. The summed E-state index contributed by atoms with van der Waals surface area (Å²) < 4.78 is 10.4. The van der Waals surface area contributed by atoms with Gasteiger partial charge in [-0.05, 0) is 37.5 Å². The maximum Gasteiger partial charge on any atom is 0.236 e. The molecule has 1 aromatic rings. The van der Waals surface area contributed by atoms with Gasteiger partial charge in [0, 0.05) is 6.54 Å². The van der Waals surface area contributed by atoms with E-state index >= 15 is 0 Å². The first-order valence-electron chi connectivity index (χ1n) is 6.32. The average molecular weight is 266 g/mol. The second kappa shape index (κ2) is 7.63. The summed E-state index contributed by atoms with van der Waals surface area (Å²) in [7, 11) is 3.23. The van der Waals surface area contributed by atoms with Crippen LogP contribution < -0.4 is 20.5 Å². The fourth-order valence-corrected chi connectivity index (χ4v) is 1.70. The monoisotopic (exact) mass is 266 g/mol. The molecule has 106 valence electrons. The fourth-order valence-electron chi connectivity index (χ4n) is 1.70. The highest BCUT2D eigenvalue weighted by atomic mass is 16.5. The van der Waals surface area contributed by atoms with Gasteiger partial charge in [0.05, 0.1) is 20.3 Å². The lowest BCUT2D eigenvalue weighted by atomic mass is 10.1. The Labute approximate surface area is 114 Å².